The first-order valence-corrected chi connectivity index (χ1v) is 6.96. The Bertz CT molecular complexity index is 427. The van der Waals surface area contributed by atoms with E-state index in [1.807, 2.05) is 29.6 Å². The molecule has 0 saturated carbocycles. The Kier molecular flexibility index (Phi) is 4.20. The molecule has 84 valence electrons. The average Bonchev–Trinajstić information content (AvgIpc) is 2.82. The van der Waals surface area contributed by atoms with Crippen LogP contribution in [0.1, 0.15) is 11.7 Å². The Morgan fingerprint density at radius 3 is 2.56 bits per heavy atom. The van der Waals surface area contributed by atoms with Gasteiger partial charge in [0.15, 0.2) is 0 Å². The van der Waals surface area contributed by atoms with Gasteiger partial charge < -0.3 is 10.5 Å². The van der Waals surface area contributed by atoms with Crippen LogP contribution in [-0.4, -0.2) is 6.54 Å². The number of benzene rings is 1. The minimum absolute atomic E-state index is 0.0497. The highest BCUT2D eigenvalue weighted by atomic mass is 127. The Balaban J connectivity index is 2.10. The van der Waals surface area contributed by atoms with Crippen LogP contribution in [0.3, 0.4) is 0 Å². The van der Waals surface area contributed by atoms with Crippen LogP contribution in [-0.2, 0) is 0 Å². The lowest BCUT2D eigenvalue weighted by molar-refractivity contribution is 0.214. The second-order valence-electron chi connectivity index (χ2n) is 3.35. The van der Waals surface area contributed by atoms with E-state index in [0.29, 0.717) is 6.54 Å². The third kappa shape index (κ3) is 2.96. The summed E-state index contributed by atoms with van der Waals surface area (Å²) in [5, 5.41) is 4.11. The number of nitrogens with two attached hydrogens (primary N) is 1. The van der Waals surface area contributed by atoms with E-state index < -0.39 is 0 Å². The van der Waals surface area contributed by atoms with Crippen molar-refractivity contribution in [1.29, 1.82) is 0 Å². The van der Waals surface area contributed by atoms with Crippen molar-refractivity contribution in [3.63, 3.8) is 0 Å². The molecule has 1 unspecified atom stereocenters. The molecule has 2 aromatic rings. The van der Waals surface area contributed by atoms with Crippen molar-refractivity contribution in [2.45, 2.75) is 6.10 Å². The Hall–Kier alpha value is -0.590. The number of hydrogen-bond acceptors (Lipinski definition) is 3. The summed E-state index contributed by atoms with van der Waals surface area (Å²) >= 11 is 3.93. The van der Waals surface area contributed by atoms with Crippen molar-refractivity contribution in [2.75, 3.05) is 6.54 Å². The van der Waals surface area contributed by atoms with Crippen LogP contribution in [0.4, 0.5) is 0 Å². The van der Waals surface area contributed by atoms with Crippen LogP contribution < -0.4 is 10.5 Å². The summed E-state index contributed by atoms with van der Waals surface area (Å²) in [6, 6.07) is 10.0. The highest BCUT2D eigenvalue weighted by Crippen LogP contribution is 2.23. The standard InChI is InChI=1S/C12H12INOS/c13-10-1-3-11(4-2-10)15-12(7-14)9-5-6-16-8-9/h1-6,8,12H,7,14H2. The Morgan fingerprint density at radius 2 is 2.00 bits per heavy atom. The Labute approximate surface area is 113 Å². The third-order valence-electron chi connectivity index (χ3n) is 2.22. The van der Waals surface area contributed by atoms with E-state index in [-0.39, 0.29) is 6.10 Å². The molecule has 1 atom stereocenters. The summed E-state index contributed by atoms with van der Waals surface area (Å²) < 4.78 is 7.04. The second kappa shape index (κ2) is 5.65. The SMILES string of the molecule is NCC(Oc1ccc(I)cc1)c1ccsc1. The number of rotatable bonds is 4. The van der Waals surface area contributed by atoms with Gasteiger partial charge in [0.2, 0.25) is 0 Å². The lowest BCUT2D eigenvalue weighted by Gasteiger charge is -2.16. The zero-order chi connectivity index (χ0) is 11.4. The van der Waals surface area contributed by atoms with Crippen molar-refractivity contribution >= 4 is 33.9 Å². The van der Waals surface area contributed by atoms with Gasteiger partial charge in [0, 0.05) is 15.7 Å². The molecule has 0 aliphatic rings. The van der Waals surface area contributed by atoms with Crippen LogP contribution in [0, 0.1) is 3.57 Å². The van der Waals surface area contributed by atoms with Gasteiger partial charge >= 0.3 is 0 Å². The number of hydrogen-bond donors (Lipinski definition) is 1. The van der Waals surface area contributed by atoms with Gasteiger partial charge in [-0.3, -0.25) is 0 Å². The molecule has 0 saturated heterocycles. The lowest BCUT2D eigenvalue weighted by Crippen LogP contribution is -2.17. The van der Waals surface area contributed by atoms with E-state index in [1.54, 1.807) is 11.3 Å². The van der Waals surface area contributed by atoms with Gasteiger partial charge in [0.25, 0.3) is 0 Å². The normalized spacial score (nSPS) is 12.4. The van der Waals surface area contributed by atoms with Crippen LogP contribution >= 0.6 is 33.9 Å². The first-order chi connectivity index (χ1) is 7.79. The van der Waals surface area contributed by atoms with Gasteiger partial charge in [-0.05, 0) is 63.7 Å². The van der Waals surface area contributed by atoms with Gasteiger partial charge in [0.05, 0.1) is 0 Å². The molecule has 4 heteroatoms. The maximum absolute atomic E-state index is 5.84. The monoisotopic (exact) mass is 345 g/mol. The molecule has 0 fully saturated rings. The average molecular weight is 345 g/mol. The smallest absolute Gasteiger partial charge is 0.137 e. The summed E-state index contributed by atoms with van der Waals surface area (Å²) in [4.78, 5) is 0. The van der Waals surface area contributed by atoms with E-state index in [9.17, 15) is 0 Å². The topological polar surface area (TPSA) is 35.2 Å². The molecule has 2 rings (SSSR count). The fraction of sp³-hybridized carbons (Fsp3) is 0.167. The second-order valence-corrected chi connectivity index (χ2v) is 5.38. The predicted octanol–water partition coefficient (Wildman–Crippen LogP) is 3.43. The summed E-state index contributed by atoms with van der Waals surface area (Å²) in [5.41, 5.74) is 6.86. The van der Waals surface area contributed by atoms with E-state index in [0.717, 1.165) is 11.3 Å². The maximum Gasteiger partial charge on any atom is 0.137 e. The van der Waals surface area contributed by atoms with Crippen LogP contribution in [0.15, 0.2) is 41.1 Å². The van der Waals surface area contributed by atoms with E-state index in [4.69, 9.17) is 10.5 Å². The molecule has 2 N–H and O–H groups in total. The first-order valence-electron chi connectivity index (χ1n) is 4.94. The third-order valence-corrected chi connectivity index (χ3v) is 3.64. The molecular weight excluding hydrogens is 333 g/mol. The highest BCUT2D eigenvalue weighted by Gasteiger charge is 2.11. The predicted molar refractivity (Wildman–Crippen MR) is 75.9 cm³/mol. The number of thiophene rings is 1. The molecule has 0 aliphatic carbocycles. The molecule has 16 heavy (non-hydrogen) atoms. The molecular formula is C12H12INOS. The maximum atomic E-state index is 5.84. The minimum atomic E-state index is -0.0497. The van der Waals surface area contributed by atoms with Crippen molar-refractivity contribution in [3.8, 4) is 5.75 Å². The van der Waals surface area contributed by atoms with E-state index in [2.05, 4.69) is 34.0 Å². The minimum Gasteiger partial charge on any atom is -0.484 e. The molecule has 0 amide bonds. The summed E-state index contributed by atoms with van der Waals surface area (Å²) in [5.74, 6) is 0.863. The van der Waals surface area contributed by atoms with Crippen LogP contribution in [0.25, 0.3) is 0 Å². The first kappa shape index (κ1) is 11.9. The molecule has 2 nitrogen and oxygen atoms in total. The van der Waals surface area contributed by atoms with Crippen LogP contribution in [0.2, 0.25) is 0 Å². The molecule has 0 radical (unpaired) electrons. The molecule has 1 aromatic heterocycles. The zero-order valence-corrected chi connectivity index (χ0v) is 11.6. The van der Waals surface area contributed by atoms with Gasteiger partial charge in [-0.25, -0.2) is 0 Å². The lowest BCUT2D eigenvalue weighted by atomic mass is 10.2. The molecule has 0 aliphatic heterocycles. The molecule has 0 spiro atoms. The van der Waals surface area contributed by atoms with Gasteiger partial charge in [0.1, 0.15) is 11.9 Å². The Morgan fingerprint density at radius 1 is 1.25 bits per heavy atom. The van der Waals surface area contributed by atoms with Crippen molar-refractivity contribution in [2.24, 2.45) is 5.73 Å². The van der Waals surface area contributed by atoms with Crippen molar-refractivity contribution < 1.29 is 4.74 Å². The van der Waals surface area contributed by atoms with Crippen LogP contribution in [0.5, 0.6) is 5.75 Å². The summed E-state index contributed by atoms with van der Waals surface area (Å²) in [6.45, 7) is 0.489. The van der Waals surface area contributed by atoms with Crippen molar-refractivity contribution in [3.05, 3.63) is 50.2 Å². The quantitative estimate of drug-likeness (QED) is 0.862. The molecule has 0 bridgehead atoms. The fourth-order valence-electron chi connectivity index (χ4n) is 1.39. The van der Waals surface area contributed by atoms with Gasteiger partial charge in [-0.1, -0.05) is 0 Å². The van der Waals surface area contributed by atoms with Crippen molar-refractivity contribution in [1.82, 2.24) is 0 Å². The molecule has 1 heterocycles. The summed E-state index contributed by atoms with van der Waals surface area (Å²) in [6.07, 6.45) is -0.0497. The number of halogens is 1. The van der Waals surface area contributed by atoms with E-state index >= 15 is 0 Å². The van der Waals surface area contributed by atoms with Gasteiger partial charge in [-0.2, -0.15) is 11.3 Å². The zero-order valence-electron chi connectivity index (χ0n) is 8.60. The largest absolute Gasteiger partial charge is 0.484 e. The fourth-order valence-corrected chi connectivity index (χ4v) is 2.45. The highest BCUT2D eigenvalue weighted by molar-refractivity contribution is 14.1. The molecule has 1 aromatic carbocycles. The van der Waals surface area contributed by atoms with E-state index in [1.165, 1.54) is 3.57 Å². The van der Waals surface area contributed by atoms with Gasteiger partial charge in [-0.15, -0.1) is 0 Å². The number of ether oxygens (including phenoxy) is 1. The summed E-state index contributed by atoms with van der Waals surface area (Å²) in [7, 11) is 0.